The first-order chi connectivity index (χ1) is 12.5. The van der Waals surface area contributed by atoms with Gasteiger partial charge in [-0.3, -0.25) is 4.79 Å². The summed E-state index contributed by atoms with van der Waals surface area (Å²) in [7, 11) is 0. The smallest absolute Gasteiger partial charge is 0.341 e. The second-order valence-electron chi connectivity index (χ2n) is 5.42. The van der Waals surface area contributed by atoms with E-state index in [1.54, 1.807) is 37.3 Å². The summed E-state index contributed by atoms with van der Waals surface area (Å²) in [5.74, 6) is -1.15. The normalized spacial score (nSPS) is 12.0. The maximum absolute atomic E-state index is 12.5. The van der Waals surface area contributed by atoms with Crippen LogP contribution in [0.25, 0.3) is 11.1 Å². The van der Waals surface area contributed by atoms with Gasteiger partial charge in [-0.05, 0) is 36.8 Å². The third-order valence-electron chi connectivity index (χ3n) is 3.68. The molecule has 26 heavy (non-hydrogen) atoms. The summed E-state index contributed by atoms with van der Waals surface area (Å²) >= 11 is 11.9. The summed E-state index contributed by atoms with van der Waals surface area (Å²) in [5.41, 5.74) is 1.46. The van der Waals surface area contributed by atoms with E-state index in [0.29, 0.717) is 26.8 Å². The van der Waals surface area contributed by atoms with Gasteiger partial charge in [0.1, 0.15) is 5.52 Å². The first-order valence-corrected chi connectivity index (χ1v) is 8.54. The molecule has 1 N–H and O–H groups in total. The van der Waals surface area contributed by atoms with Crippen LogP contribution in [0.5, 0.6) is 0 Å². The number of halogens is 2. The van der Waals surface area contributed by atoms with E-state index in [1.165, 1.54) is 12.5 Å². The number of nitrogens with one attached hydrogen (secondary N) is 1. The van der Waals surface area contributed by atoms with Crippen LogP contribution in [0.1, 0.15) is 23.7 Å². The summed E-state index contributed by atoms with van der Waals surface area (Å²) in [6, 6.07) is 9.59. The predicted octanol–water partition coefficient (Wildman–Crippen LogP) is 4.71. The summed E-state index contributed by atoms with van der Waals surface area (Å²) in [4.78, 5) is 28.9. The lowest BCUT2D eigenvalue weighted by molar-refractivity contribution is -0.124. The molecule has 1 unspecified atom stereocenters. The Morgan fingerprint density at radius 1 is 1.27 bits per heavy atom. The van der Waals surface area contributed by atoms with E-state index in [9.17, 15) is 9.59 Å². The highest BCUT2D eigenvalue weighted by Gasteiger charge is 2.24. The van der Waals surface area contributed by atoms with Gasteiger partial charge in [-0.2, -0.15) is 0 Å². The quantitative estimate of drug-likeness (QED) is 0.635. The summed E-state index contributed by atoms with van der Waals surface area (Å²) in [5, 5.41) is 3.38. The fourth-order valence-electron chi connectivity index (χ4n) is 2.37. The highest BCUT2D eigenvalue weighted by atomic mass is 35.5. The van der Waals surface area contributed by atoms with Gasteiger partial charge in [-0.15, -0.1) is 0 Å². The van der Waals surface area contributed by atoms with Crippen molar-refractivity contribution in [2.75, 3.05) is 5.32 Å². The van der Waals surface area contributed by atoms with Crippen molar-refractivity contribution in [3.05, 3.63) is 58.4 Å². The number of nitrogens with zero attached hydrogens (tertiary/aromatic N) is 1. The van der Waals surface area contributed by atoms with Gasteiger partial charge >= 0.3 is 5.97 Å². The molecule has 8 heteroatoms. The standard InChI is InChI=1S/C18H14Cl2N2O4/c1-2-14(17(23)22-13-7-6-10(19)8-12(13)20)26-18(24)11-4-3-5-15-16(11)21-9-25-15/h3-9,14H,2H2,1H3,(H,22,23). The number of carbonyl (C=O) groups excluding carboxylic acids is 2. The fraction of sp³-hybridized carbons (Fsp3) is 0.167. The van der Waals surface area contributed by atoms with Crippen LogP contribution in [0.15, 0.2) is 47.2 Å². The lowest BCUT2D eigenvalue weighted by atomic mass is 10.2. The molecule has 1 aromatic heterocycles. The number of para-hydroxylation sites is 1. The second kappa shape index (κ2) is 7.76. The molecular weight excluding hydrogens is 379 g/mol. The molecule has 0 aliphatic carbocycles. The highest BCUT2D eigenvalue weighted by Crippen LogP contribution is 2.26. The number of hydrogen-bond donors (Lipinski definition) is 1. The van der Waals surface area contributed by atoms with Gasteiger partial charge in [0.25, 0.3) is 5.91 Å². The largest absolute Gasteiger partial charge is 0.449 e. The van der Waals surface area contributed by atoms with Gasteiger partial charge in [-0.25, -0.2) is 9.78 Å². The zero-order valence-electron chi connectivity index (χ0n) is 13.7. The predicted molar refractivity (Wildman–Crippen MR) is 98.6 cm³/mol. The van der Waals surface area contributed by atoms with E-state index < -0.39 is 18.0 Å². The van der Waals surface area contributed by atoms with Crippen LogP contribution >= 0.6 is 23.2 Å². The third kappa shape index (κ3) is 3.81. The molecule has 0 spiro atoms. The zero-order valence-corrected chi connectivity index (χ0v) is 15.2. The van der Waals surface area contributed by atoms with Crippen LogP contribution in [-0.4, -0.2) is 23.0 Å². The fourth-order valence-corrected chi connectivity index (χ4v) is 2.83. The number of esters is 1. The van der Waals surface area contributed by atoms with Gasteiger partial charge < -0.3 is 14.5 Å². The van der Waals surface area contributed by atoms with Crippen molar-refractivity contribution >= 4 is 51.9 Å². The number of oxazole rings is 1. The Morgan fingerprint density at radius 3 is 2.81 bits per heavy atom. The maximum Gasteiger partial charge on any atom is 0.341 e. The Labute approximate surface area is 159 Å². The zero-order chi connectivity index (χ0) is 18.7. The van der Waals surface area contributed by atoms with Crippen LogP contribution in [0, 0.1) is 0 Å². The van der Waals surface area contributed by atoms with Crippen molar-refractivity contribution in [1.29, 1.82) is 0 Å². The lowest BCUT2D eigenvalue weighted by Crippen LogP contribution is -2.32. The van der Waals surface area contributed by atoms with Gasteiger partial charge in [0.2, 0.25) is 0 Å². The molecular formula is C18H14Cl2N2O4. The number of benzene rings is 2. The van der Waals surface area contributed by atoms with Crippen LogP contribution in [0.4, 0.5) is 5.69 Å². The number of anilines is 1. The average Bonchev–Trinajstić information content (AvgIpc) is 3.10. The van der Waals surface area contributed by atoms with Crippen molar-refractivity contribution in [3.63, 3.8) is 0 Å². The summed E-state index contributed by atoms with van der Waals surface area (Å²) < 4.78 is 10.5. The van der Waals surface area contributed by atoms with Gasteiger partial charge in [0.05, 0.1) is 16.3 Å². The SMILES string of the molecule is CCC(OC(=O)c1cccc2ocnc12)C(=O)Nc1ccc(Cl)cc1Cl. The molecule has 1 atom stereocenters. The van der Waals surface area contributed by atoms with Crippen molar-refractivity contribution in [2.24, 2.45) is 0 Å². The molecule has 0 saturated carbocycles. The molecule has 1 heterocycles. The molecule has 3 rings (SSSR count). The molecule has 2 aromatic carbocycles. The van der Waals surface area contributed by atoms with E-state index in [1.807, 2.05) is 0 Å². The van der Waals surface area contributed by atoms with E-state index >= 15 is 0 Å². The minimum absolute atomic E-state index is 0.229. The van der Waals surface area contributed by atoms with E-state index in [-0.39, 0.29) is 12.0 Å². The molecule has 0 bridgehead atoms. The Balaban J connectivity index is 1.75. The lowest BCUT2D eigenvalue weighted by Gasteiger charge is -2.16. The Hall–Kier alpha value is -2.57. The minimum Gasteiger partial charge on any atom is -0.449 e. The average molecular weight is 393 g/mol. The van der Waals surface area contributed by atoms with E-state index in [2.05, 4.69) is 10.3 Å². The molecule has 0 saturated heterocycles. The molecule has 3 aromatic rings. The van der Waals surface area contributed by atoms with Crippen molar-refractivity contribution < 1.29 is 18.7 Å². The number of rotatable bonds is 5. The maximum atomic E-state index is 12.5. The number of ether oxygens (including phenoxy) is 1. The van der Waals surface area contributed by atoms with Crippen molar-refractivity contribution in [3.8, 4) is 0 Å². The van der Waals surface area contributed by atoms with Gasteiger partial charge in [0, 0.05) is 5.02 Å². The van der Waals surface area contributed by atoms with Crippen LogP contribution in [0.2, 0.25) is 10.0 Å². The topological polar surface area (TPSA) is 81.4 Å². The molecule has 1 amide bonds. The first-order valence-electron chi connectivity index (χ1n) is 7.78. The summed E-state index contributed by atoms with van der Waals surface area (Å²) in [6.45, 7) is 1.73. The van der Waals surface area contributed by atoms with E-state index in [0.717, 1.165) is 0 Å². The van der Waals surface area contributed by atoms with Crippen LogP contribution in [-0.2, 0) is 9.53 Å². The molecule has 0 radical (unpaired) electrons. The Morgan fingerprint density at radius 2 is 2.08 bits per heavy atom. The molecule has 134 valence electrons. The number of carbonyl (C=O) groups is 2. The number of aromatic nitrogens is 1. The molecule has 0 aliphatic heterocycles. The third-order valence-corrected chi connectivity index (χ3v) is 4.23. The number of hydrogen-bond acceptors (Lipinski definition) is 5. The minimum atomic E-state index is -0.989. The number of amides is 1. The van der Waals surface area contributed by atoms with E-state index in [4.69, 9.17) is 32.4 Å². The summed E-state index contributed by atoms with van der Waals surface area (Å²) in [6.07, 6.45) is 0.544. The molecule has 0 fully saturated rings. The van der Waals surface area contributed by atoms with Crippen molar-refractivity contribution in [1.82, 2.24) is 4.98 Å². The molecule has 0 aliphatic rings. The van der Waals surface area contributed by atoms with Gasteiger partial charge in [0.15, 0.2) is 18.1 Å². The monoisotopic (exact) mass is 392 g/mol. The number of fused-ring (bicyclic) bond motifs is 1. The Kier molecular flexibility index (Phi) is 5.44. The Bertz CT molecular complexity index is 971. The van der Waals surface area contributed by atoms with Crippen LogP contribution < -0.4 is 5.32 Å². The molecule has 6 nitrogen and oxygen atoms in total. The second-order valence-corrected chi connectivity index (χ2v) is 6.26. The first kappa shape index (κ1) is 18.2. The van der Waals surface area contributed by atoms with Crippen molar-refractivity contribution in [2.45, 2.75) is 19.4 Å². The van der Waals surface area contributed by atoms with Crippen LogP contribution in [0.3, 0.4) is 0 Å². The van der Waals surface area contributed by atoms with Gasteiger partial charge in [-0.1, -0.05) is 36.2 Å². The highest BCUT2D eigenvalue weighted by molar-refractivity contribution is 6.36.